The van der Waals surface area contributed by atoms with Crippen LogP contribution in [0, 0.1) is 0 Å². The maximum atomic E-state index is 9.93. The molecule has 2 rings (SSSR count). The summed E-state index contributed by atoms with van der Waals surface area (Å²) in [5.74, 6) is 0. The van der Waals surface area contributed by atoms with Gasteiger partial charge in [0, 0.05) is 36.8 Å². The molecule has 0 saturated heterocycles. The van der Waals surface area contributed by atoms with Gasteiger partial charge in [0.05, 0.1) is 23.4 Å². The van der Waals surface area contributed by atoms with Crippen molar-refractivity contribution in [3.63, 3.8) is 0 Å². The van der Waals surface area contributed by atoms with Gasteiger partial charge >= 0.3 is 0 Å². The van der Waals surface area contributed by atoms with E-state index in [2.05, 4.69) is 137 Å². The molecule has 2 aromatic rings. The minimum absolute atomic E-state index is 0.00393. The molecule has 0 aliphatic rings. The maximum Gasteiger partial charge on any atom is 0.108 e. The molecular weight excluding hydrogens is 534 g/mol. The summed E-state index contributed by atoms with van der Waals surface area (Å²) in [6.07, 6.45) is 3.30. The molecule has 0 saturated carbocycles. The van der Waals surface area contributed by atoms with E-state index in [4.69, 9.17) is 14.2 Å². The highest BCUT2D eigenvalue weighted by molar-refractivity contribution is 5.30. The molecular formula is C38H63NO4. The average molecular weight is 598 g/mol. The largest absolute Gasteiger partial charge is 0.396 e. The highest BCUT2D eigenvalue weighted by Gasteiger charge is 2.42. The van der Waals surface area contributed by atoms with Crippen molar-refractivity contribution in [2.45, 2.75) is 155 Å². The van der Waals surface area contributed by atoms with Gasteiger partial charge in [-0.25, -0.2) is 0 Å². The van der Waals surface area contributed by atoms with Gasteiger partial charge in [0.25, 0.3) is 0 Å². The van der Waals surface area contributed by atoms with Crippen LogP contribution in [0.4, 0.5) is 0 Å². The first-order valence-electron chi connectivity index (χ1n) is 16.4. The Bertz CT molecular complexity index is 1010. The summed E-state index contributed by atoms with van der Waals surface area (Å²) in [7, 11) is 0. The predicted molar refractivity (Wildman–Crippen MR) is 181 cm³/mol. The van der Waals surface area contributed by atoms with E-state index < -0.39 is 5.60 Å². The van der Waals surface area contributed by atoms with Crippen LogP contribution in [0.1, 0.15) is 126 Å². The number of hydrogen-bond acceptors (Lipinski definition) is 5. The van der Waals surface area contributed by atoms with Crippen LogP contribution < -0.4 is 0 Å². The topological polar surface area (TPSA) is 51.2 Å². The Morgan fingerprint density at radius 3 is 1.58 bits per heavy atom. The van der Waals surface area contributed by atoms with E-state index in [0.717, 1.165) is 30.4 Å². The summed E-state index contributed by atoms with van der Waals surface area (Å²) in [5, 5.41) is 9.93. The Balaban J connectivity index is 2.16. The van der Waals surface area contributed by atoms with Gasteiger partial charge in [-0.2, -0.15) is 0 Å². The fourth-order valence-electron chi connectivity index (χ4n) is 7.15. The van der Waals surface area contributed by atoms with Crippen LogP contribution in [0.25, 0.3) is 0 Å². The van der Waals surface area contributed by atoms with Crippen LogP contribution in [-0.2, 0) is 14.2 Å². The second-order valence-electron chi connectivity index (χ2n) is 15.2. The maximum absolute atomic E-state index is 9.93. The minimum atomic E-state index is -0.412. The quantitative estimate of drug-likeness (QED) is 0.175. The lowest BCUT2D eigenvalue weighted by molar-refractivity contribution is -0.135. The van der Waals surface area contributed by atoms with Crippen LogP contribution in [0.3, 0.4) is 0 Å². The van der Waals surface area contributed by atoms with Gasteiger partial charge in [-0.05, 0) is 113 Å². The van der Waals surface area contributed by atoms with E-state index in [1.807, 2.05) is 12.1 Å². The predicted octanol–water partition coefficient (Wildman–Crippen LogP) is 8.98. The molecule has 0 bridgehead atoms. The normalized spacial score (nSPS) is 15.0. The smallest absolute Gasteiger partial charge is 0.108 e. The Morgan fingerprint density at radius 1 is 0.651 bits per heavy atom. The summed E-state index contributed by atoms with van der Waals surface area (Å²) in [5.41, 5.74) is 1.23. The highest BCUT2D eigenvalue weighted by atomic mass is 16.5. The summed E-state index contributed by atoms with van der Waals surface area (Å²) in [4.78, 5) is 2.59. The monoisotopic (exact) mass is 597 g/mol. The summed E-state index contributed by atoms with van der Waals surface area (Å²) >= 11 is 0. The molecule has 0 fully saturated rings. The summed E-state index contributed by atoms with van der Waals surface area (Å²) in [6.45, 7) is 27.4. The van der Waals surface area contributed by atoms with Gasteiger partial charge in [0.15, 0.2) is 0 Å². The van der Waals surface area contributed by atoms with Crippen molar-refractivity contribution >= 4 is 0 Å². The molecule has 0 amide bonds. The van der Waals surface area contributed by atoms with E-state index in [9.17, 15) is 5.11 Å². The van der Waals surface area contributed by atoms with E-state index in [-0.39, 0.29) is 47.6 Å². The molecule has 1 N–H and O–H groups in total. The van der Waals surface area contributed by atoms with Gasteiger partial charge in [0.2, 0.25) is 0 Å². The Morgan fingerprint density at radius 2 is 1.12 bits per heavy atom. The van der Waals surface area contributed by atoms with Gasteiger partial charge in [-0.1, -0.05) is 60.7 Å². The number of aliphatic hydroxyl groups excluding tert-OH is 1. The van der Waals surface area contributed by atoms with E-state index >= 15 is 0 Å². The molecule has 244 valence electrons. The van der Waals surface area contributed by atoms with Crippen molar-refractivity contribution in [1.82, 2.24) is 4.90 Å². The summed E-state index contributed by atoms with van der Waals surface area (Å²) < 4.78 is 19.6. The lowest BCUT2D eigenvalue weighted by atomic mass is 9.84. The van der Waals surface area contributed by atoms with Gasteiger partial charge in [-0.3, -0.25) is 4.90 Å². The number of rotatable bonds is 19. The van der Waals surface area contributed by atoms with Crippen LogP contribution in [-0.4, -0.2) is 63.7 Å². The van der Waals surface area contributed by atoms with Gasteiger partial charge < -0.3 is 19.3 Å². The van der Waals surface area contributed by atoms with Crippen molar-refractivity contribution in [2.24, 2.45) is 0 Å². The molecule has 43 heavy (non-hydrogen) atoms. The van der Waals surface area contributed by atoms with E-state index in [0.29, 0.717) is 13.0 Å². The number of aliphatic hydroxyl groups is 1. The molecule has 5 heteroatoms. The van der Waals surface area contributed by atoms with Gasteiger partial charge in [-0.15, -0.1) is 0 Å². The molecule has 0 radical (unpaired) electrons. The Labute approximate surface area is 264 Å². The second-order valence-corrected chi connectivity index (χ2v) is 15.2. The summed E-state index contributed by atoms with van der Waals surface area (Å²) in [6, 6.07) is 21.1. The average Bonchev–Trinajstić information content (AvgIpc) is 2.86. The molecule has 0 aromatic heterocycles. The van der Waals surface area contributed by atoms with Crippen molar-refractivity contribution < 1.29 is 19.3 Å². The van der Waals surface area contributed by atoms with Crippen LogP contribution >= 0.6 is 0 Å². The van der Waals surface area contributed by atoms with Crippen molar-refractivity contribution in [3.8, 4) is 0 Å². The Kier molecular flexibility index (Phi) is 13.9. The molecule has 5 nitrogen and oxygen atoms in total. The van der Waals surface area contributed by atoms with Crippen LogP contribution in [0.5, 0.6) is 0 Å². The first-order valence-corrected chi connectivity index (χ1v) is 16.4. The number of hydrogen-bond donors (Lipinski definition) is 1. The van der Waals surface area contributed by atoms with Crippen LogP contribution in [0.15, 0.2) is 60.7 Å². The second kappa shape index (κ2) is 16.0. The number of ether oxygens (including phenoxy) is 3. The first kappa shape index (κ1) is 37.4. The zero-order valence-electron chi connectivity index (χ0n) is 29.4. The van der Waals surface area contributed by atoms with E-state index in [1.165, 1.54) is 0 Å². The molecule has 2 atom stereocenters. The third-order valence-corrected chi connectivity index (χ3v) is 8.36. The highest BCUT2D eigenvalue weighted by Crippen LogP contribution is 2.37. The van der Waals surface area contributed by atoms with Crippen LogP contribution in [0.2, 0.25) is 0 Å². The molecule has 0 spiro atoms. The molecule has 0 aliphatic heterocycles. The molecule has 2 unspecified atom stereocenters. The number of nitrogens with zero attached hydrogens (tertiary/aromatic N) is 1. The van der Waals surface area contributed by atoms with Gasteiger partial charge in [0.1, 0.15) is 6.10 Å². The van der Waals surface area contributed by atoms with Crippen molar-refractivity contribution in [1.29, 1.82) is 0 Å². The SMILES string of the molecule is CC(C)OCCC(C)(C)N(C(C)CC(C)(C)OC(C)CC(C)(C)OC(c1ccccc1)c1ccccc1)C(C)(C)CCO. The molecule has 2 aromatic carbocycles. The third kappa shape index (κ3) is 12.3. The van der Waals surface area contributed by atoms with Crippen molar-refractivity contribution in [3.05, 3.63) is 71.8 Å². The zero-order valence-corrected chi connectivity index (χ0v) is 29.4. The van der Waals surface area contributed by atoms with Crippen molar-refractivity contribution in [2.75, 3.05) is 13.2 Å². The zero-order chi connectivity index (χ0) is 32.5. The lowest BCUT2D eigenvalue weighted by Crippen LogP contribution is -2.61. The minimum Gasteiger partial charge on any atom is -0.396 e. The van der Waals surface area contributed by atoms with E-state index in [1.54, 1.807) is 0 Å². The molecule has 0 aliphatic carbocycles. The fourth-order valence-corrected chi connectivity index (χ4v) is 7.15. The standard InChI is InChI=1S/C38H63NO4/c1-29(2)41-26-24-36(7,8)39(35(5,6)23-25-40)30(3)27-37(9,10)42-31(4)28-38(11,12)43-34(32-19-15-13-16-20-32)33-21-17-14-18-22-33/h13-22,29-31,34,40H,23-28H2,1-12H3. The fraction of sp³-hybridized carbons (Fsp3) is 0.684. The number of benzene rings is 2. The lowest BCUT2D eigenvalue weighted by Gasteiger charge is -2.53. The molecule has 0 heterocycles. The Hall–Kier alpha value is -1.76. The third-order valence-electron chi connectivity index (χ3n) is 8.36. The first-order chi connectivity index (χ1) is 19.9.